The van der Waals surface area contributed by atoms with E-state index < -0.39 is 0 Å². The van der Waals surface area contributed by atoms with Gasteiger partial charge in [-0.2, -0.15) is 0 Å². The molecule has 0 radical (unpaired) electrons. The molecule has 3 rings (SSSR count). The first-order chi connectivity index (χ1) is 9.70. The molecule has 2 aromatic heterocycles. The number of aliphatic hydroxyl groups excluding tert-OH is 1. The molecule has 2 N–H and O–H groups in total. The van der Waals surface area contributed by atoms with Crippen molar-refractivity contribution < 1.29 is 5.11 Å². The number of nitrogens with zero attached hydrogens (tertiary/aromatic N) is 4. The van der Waals surface area contributed by atoms with E-state index in [1.165, 1.54) is 6.33 Å². The highest BCUT2D eigenvalue weighted by atomic mass is 16.3. The fourth-order valence-electron chi connectivity index (χ4n) is 2.32. The van der Waals surface area contributed by atoms with Gasteiger partial charge < -0.3 is 10.4 Å². The van der Waals surface area contributed by atoms with E-state index in [1.807, 2.05) is 19.1 Å². The molecule has 1 aliphatic rings. The van der Waals surface area contributed by atoms with E-state index in [-0.39, 0.29) is 6.10 Å². The van der Waals surface area contributed by atoms with Gasteiger partial charge in [0.25, 0.3) is 0 Å². The molecule has 104 valence electrons. The Morgan fingerprint density at radius 3 is 2.90 bits per heavy atom. The molecule has 1 aliphatic carbocycles. The Morgan fingerprint density at radius 2 is 2.20 bits per heavy atom. The summed E-state index contributed by atoms with van der Waals surface area (Å²) in [4.78, 5) is 16.9. The smallest absolute Gasteiger partial charge is 0.130 e. The monoisotopic (exact) mass is 271 g/mol. The Balaban J connectivity index is 1.70. The Hall–Kier alpha value is -2.08. The Bertz CT molecular complexity index is 583. The van der Waals surface area contributed by atoms with Crippen LogP contribution in [0.15, 0.2) is 24.7 Å². The number of aryl methyl sites for hydroxylation is 1. The summed E-state index contributed by atoms with van der Waals surface area (Å²) in [7, 11) is 0. The summed E-state index contributed by atoms with van der Waals surface area (Å²) in [5.41, 5.74) is 1.92. The third-order valence-corrected chi connectivity index (χ3v) is 3.48. The molecular formula is C14H17N5O. The summed E-state index contributed by atoms with van der Waals surface area (Å²) in [5, 5.41) is 12.6. The van der Waals surface area contributed by atoms with E-state index in [4.69, 9.17) is 0 Å². The zero-order chi connectivity index (χ0) is 13.9. The van der Waals surface area contributed by atoms with Crippen molar-refractivity contribution in [2.24, 2.45) is 0 Å². The number of aliphatic hydroxyl groups is 1. The molecule has 2 heterocycles. The van der Waals surface area contributed by atoms with Gasteiger partial charge in [-0.05, 0) is 25.8 Å². The molecule has 0 bridgehead atoms. The number of anilines is 1. The number of hydrogen-bond acceptors (Lipinski definition) is 6. The lowest BCUT2D eigenvalue weighted by molar-refractivity contribution is 0.0731. The molecule has 0 aromatic carbocycles. The van der Waals surface area contributed by atoms with Crippen molar-refractivity contribution in [3.05, 3.63) is 41.9 Å². The molecule has 0 unspecified atom stereocenters. The lowest BCUT2D eigenvalue weighted by atomic mass is 9.80. The van der Waals surface area contributed by atoms with Gasteiger partial charge in [0.2, 0.25) is 0 Å². The van der Waals surface area contributed by atoms with Crippen LogP contribution < -0.4 is 5.32 Å². The minimum absolute atomic E-state index is 0.173. The van der Waals surface area contributed by atoms with Crippen molar-refractivity contribution in [2.45, 2.75) is 38.3 Å². The molecule has 0 atom stereocenters. The summed E-state index contributed by atoms with van der Waals surface area (Å²) >= 11 is 0. The lowest BCUT2D eigenvalue weighted by Gasteiger charge is -2.31. The topological polar surface area (TPSA) is 83.8 Å². The molecule has 0 spiro atoms. The van der Waals surface area contributed by atoms with Gasteiger partial charge in [-0.1, -0.05) is 0 Å². The van der Waals surface area contributed by atoms with Crippen LogP contribution >= 0.6 is 0 Å². The second-order valence-electron chi connectivity index (χ2n) is 5.10. The summed E-state index contributed by atoms with van der Waals surface area (Å²) in [6, 6.07) is 3.83. The van der Waals surface area contributed by atoms with E-state index in [1.54, 1.807) is 6.20 Å². The quantitative estimate of drug-likeness (QED) is 0.875. The maximum absolute atomic E-state index is 9.40. The Labute approximate surface area is 117 Å². The van der Waals surface area contributed by atoms with Gasteiger partial charge in [0.05, 0.1) is 18.3 Å². The van der Waals surface area contributed by atoms with Crippen molar-refractivity contribution in [3.63, 3.8) is 0 Å². The van der Waals surface area contributed by atoms with Gasteiger partial charge in [-0.15, -0.1) is 0 Å². The van der Waals surface area contributed by atoms with Crippen molar-refractivity contribution in [3.8, 4) is 0 Å². The van der Waals surface area contributed by atoms with Crippen LogP contribution in [0.5, 0.6) is 0 Å². The van der Waals surface area contributed by atoms with Crippen LogP contribution in [-0.4, -0.2) is 31.1 Å². The van der Waals surface area contributed by atoms with E-state index >= 15 is 0 Å². The van der Waals surface area contributed by atoms with Crippen LogP contribution in [0.25, 0.3) is 0 Å². The normalized spacial score (nSPS) is 21.3. The number of aromatic nitrogens is 4. The maximum atomic E-state index is 9.40. The number of hydrogen-bond donors (Lipinski definition) is 2. The van der Waals surface area contributed by atoms with Gasteiger partial charge in [0.1, 0.15) is 18.0 Å². The number of rotatable bonds is 4. The van der Waals surface area contributed by atoms with Crippen LogP contribution in [0.4, 0.5) is 5.82 Å². The molecule has 20 heavy (non-hydrogen) atoms. The second kappa shape index (κ2) is 5.50. The minimum atomic E-state index is -0.173. The first-order valence-electron chi connectivity index (χ1n) is 6.73. The van der Waals surface area contributed by atoms with Crippen LogP contribution in [-0.2, 0) is 6.54 Å². The largest absolute Gasteiger partial charge is 0.393 e. The molecule has 1 saturated carbocycles. The van der Waals surface area contributed by atoms with Crippen molar-refractivity contribution in [2.75, 3.05) is 5.32 Å². The van der Waals surface area contributed by atoms with Gasteiger partial charge >= 0.3 is 0 Å². The van der Waals surface area contributed by atoms with Crippen molar-refractivity contribution in [1.82, 2.24) is 19.9 Å². The van der Waals surface area contributed by atoms with Gasteiger partial charge in [0, 0.05) is 23.9 Å². The van der Waals surface area contributed by atoms with Crippen LogP contribution in [0.2, 0.25) is 0 Å². The first-order valence-corrected chi connectivity index (χ1v) is 6.73. The van der Waals surface area contributed by atoms with Crippen LogP contribution in [0.3, 0.4) is 0 Å². The summed E-state index contributed by atoms with van der Waals surface area (Å²) < 4.78 is 0. The van der Waals surface area contributed by atoms with E-state index in [2.05, 4.69) is 25.3 Å². The van der Waals surface area contributed by atoms with E-state index in [0.29, 0.717) is 12.5 Å². The van der Waals surface area contributed by atoms with Gasteiger partial charge in [-0.25, -0.2) is 19.9 Å². The zero-order valence-electron chi connectivity index (χ0n) is 11.3. The average molecular weight is 271 g/mol. The predicted molar refractivity (Wildman–Crippen MR) is 74.1 cm³/mol. The highest BCUT2D eigenvalue weighted by Crippen LogP contribution is 2.36. The third-order valence-electron chi connectivity index (χ3n) is 3.48. The number of nitrogens with one attached hydrogen (secondary N) is 1. The standard InChI is InChI=1S/C14H17N5O/c1-9-18-13(10-4-12(20)5-10)6-14(19-9)16-7-11-2-3-15-8-17-11/h2-3,6,8,10,12,20H,4-5,7H2,1H3,(H,16,18,19). The second-order valence-corrected chi connectivity index (χ2v) is 5.10. The molecule has 0 saturated heterocycles. The minimum Gasteiger partial charge on any atom is -0.393 e. The lowest BCUT2D eigenvalue weighted by Crippen LogP contribution is -2.27. The molecule has 1 fully saturated rings. The van der Waals surface area contributed by atoms with Crippen molar-refractivity contribution >= 4 is 5.82 Å². The average Bonchev–Trinajstić information content (AvgIpc) is 2.42. The first kappa shape index (κ1) is 12.9. The fourth-order valence-corrected chi connectivity index (χ4v) is 2.32. The Morgan fingerprint density at radius 1 is 1.35 bits per heavy atom. The highest BCUT2D eigenvalue weighted by Gasteiger charge is 2.30. The van der Waals surface area contributed by atoms with Crippen molar-refractivity contribution in [1.29, 1.82) is 0 Å². The predicted octanol–water partition coefficient (Wildman–Crippen LogP) is 1.43. The van der Waals surface area contributed by atoms with Gasteiger partial charge in [0.15, 0.2) is 0 Å². The van der Waals surface area contributed by atoms with Crippen LogP contribution in [0, 0.1) is 6.92 Å². The SMILES string of the molecule is Cc1nc(NCc2ccncn2)cc(C2CC(O)C2)n1. The molecule has 6 heteroatoms. The molecule has 0 amide bonds. The van der Waals surface area contributed by atoms with E-state index in [0.717, 1.165) is 35.9 Å². The molecule has 0 aliphatic heterocycles. The Kier molecular flexibility index (Phi) is 3.56. The molecular weight excluding hydrogens is 254 g/mol. The maximum Gasteiger partial charge on any atom is 0.130 e. The third kappa shape index (κ3) is 2.91. The summed E-state index contributed by atoms with van der Waals surface area (Å²) in [6.07, 6.45) is 4.66. The fraction of sp³-hybridized carbons (Fsp3) is 0.429. The van der Waals surface area contributed by atoms with E-state index in [9.17, 15) is 5.11 Å². The van der Waals surface area contributed by atoms with Crippen LogP contribution in [0.1, 0.15) is 36.0 Å². The summed E-state index contributed by atoms with van der Waals surface area (Å²) in [5.74, 6) is 1.90. The molecule has 6 nitrogen and oxygen atoms in total. The molecule has 2 aromatic rings. The summed E-state index contributed by atoms with van der Waals surface area (Å²) in [6.45, 7) is 2.49. The highest BCUT2D eigenvalue weighted by molar-refractivity contribution is 5.38. The zero-order valence-corrected chi connectivity index (χ0v) is 11.3. The van der Waals surface area contributed by atoms with Gasteiger partial charge in [-0.3, -0.25) is 0 Å².